The Hall–Kier alpha value is -2.61. The van der Waals surface area contributed by atoms with Crippen molar-refractivity contribution in [1.82, 2.24) is 9.97 Å². The fourth-order valence-corrected chi connectivity index (χ4v) is 1.64. The molecule has 1 heterocycles. The van der Waals surface area contributed by atoms with E-state index in [9.17, 15) is 10.1 Å². The Balaban J connectivity index is 2.42. The zero-order chi connectivity index (χ0) is 15.4. The molecule has 21 heavy (non-hydrogen) atoms. The lowest BCUT2D eigenvalue weighted by atomic mass is 10.3. The van der Waals surface area contributed by atoms with E-state index in [2.05, 4.69) is 15.3 Å². The van der Waals surface area contributed by atoms with Gasteiger partial charge in [0.2, 0.25) is 11.8 Å². The number of nitrogens with zero attached hydrogens (tertiary/aromatic N) is 3. The van der Waals surface area contributed by atoms with Crippen LogP contribution in [0.1, 0.15) is 0 Å². The fraction of sp³-hybridized carbons (Fsp3) is 0.167. The zero-order valence-electron chi connectivity index (χ0n) is 11.2. The SMILES string of the molecule is CNc1ncc(Cl)c(Oc2cc([N+](=O)[O-])ccc2OC)n1. The average molecular weight is 311 g/mol. The molecule has 8 nitrogen and oxygen atoms in total. The van der Waals surface area contributed by atoms with E-state index in [1.54, 1.807) is 7.05 Å². The van der Waals surface area contributed by atoms with Crippen molar-refractivity contribution in [3.63, 3.8) is 0 Å². The lowest BCUT2D eigenvalue weighted by Gasteiger charge is -2.10. The summed E-state index contributed by atoms with van der Waals surface area (Å²) in [5, 5.41) is 13.7. The van der Waals surface area contributed by atoms with Gasteiger partial charge in [-0.15, -0.1) is 0 Å². The number of nitrogens with one attached hydrogen (secondary N) is 1. The third-order valence-electron chi connectivity index (χ3n) is 2.50. The number of aromatic nitrogens is 2. The van der Waals surface area contributed by atoms with Crippen molar-refractivity contribution in [2.75, 3.05) is 19.5 Å². The number of anilines is 1. The van der Waals surface area contributed by atoms with Gasteiger partial charge in [-0.2, -0.15) is 4.98 Å². The number of hydrogen-bond donors (Lipinski definition) is 1. The van der Waals surface area contributed by atoms with Crippen LogP contribution in [0.5, 0.6) is 17.4 Å². The van der Waals surface area contributed by atoms with Crippen molar-refractivity contribution >= 4 is 23.2 Å². The van der Waals surface area contributed by atoms with E-state index in [-0.39, 0.29) is 22.3 Å². The van der Waals surface area contributed by atoms with E-state index in [1.807, 2.05) is 0 Å². The van der Waals surface area contributed by atoms with Crippen molar-refractivity contribution in [2.45, 2.75) is 0 Å². The third-order valence-corrected chi connectivity index (χ3v) is 2.76. The molecule has 0 fully saturated rings. The zero-order valence-corrected chi connectivity index (χ0v) is 11.9. The highest BCUT2D eigenvalue weighted by Crippen LogP contribution is 2.36. The van der Waals surface area contributed by atoms with Crippen molar-refractivity contribution in [3.8, 4) is 17.4 Å². The quantitative estimate of drug-likeness (QED) is 0.669. The molecule has 0 atom stereocenters. The van der Waals surface area contributed by atoms with Gasteiger partial charge in [0, 0.05) is 13.1 Å². The first-order valence-electron chi connectivity index (χ1n) is 5.75. The molecule has 2 aromatic rings. The number of hydrogen-bond acceptors (Lipinski definition) is 7. The molecule has 0 aliphatic rings. The number of benzene rings is 1. The summed E-state index contributed by atoms with van der Waals surface area (Å²) in [6, 6.07) is 3.98. The predicted molar refractivity (Wildman–Crippen MR) is 76.3 cm³/mol. The summed E-state index contributed by atoms with van der Waals surface area (Å²) in [7, 11) is 3.07. The molecule has 0 unspecified atom stereocenters. The van der Waals surface area contributed by atoms with Gasteiger partial charge in [-0.05, 0) is 6.07 Å². The second kappa shape index (κ2) is 6.23. The molecular formula is C12H11ClN4O4. The largest absolute Gasteiger partial charge is 0.493 e. The molecule has 0 saturated heterocycles. The highest BCUT2D eigenvalue weighted by molar-refractivity contribution is 6.31. The fourth-order valence-electron chi connectivity index (χ4n) is 1.51. The maximum atomic E-state index is 10.8. The second-order valence-electron chi connectivity index (χ2n) is 3.79. The maximum Gasteiger partial charge on any atom is 0.273 e. The molecule has 1 aromatic carbocycles. The molecular weight excluding hydrogens is 300 g/mol. The topological polar surface area (TPSA) is 99.4 Å². The monoisotopic (exact) mass is 310 g/mol. The van der Waals surface area contributed by atoms with E-state index in [0.29, 0.717) is 11.7 Å². The first-order valence-corrected chi connectivity index (χ1v) is 6.13. The van der Waals surface area contributed by atoms with Crippen LogP contribution in [0.15, 0.2) is 24.4 Å². The van der Waals surface area contributed by atoms with Crippen molar-refractivity contribution in [1.29, 1.82) is 0 Å². The number of halogens is 1. The van der Waals surface area contributed by atoms with Crippen LogP contribution in [0.4, 0.5) is 11.6 Å². The number of non-ortho nitro benzene ring substituents is 1. The van der Waals surface area contributed by atoms with Crippen molar-refractivity contribution < 1.29 is 14.4 Å². The molecule has 0 saturated carbocycles. The molecule has 0 spiro atoms. The van der Waals surface area contributed by atoms with Crippen LogP contribution in [-0.4, -0.2) is 29.0 Å². The molecule has 110 valence electrons. The average Bonchev–Trinajstić information content (AvgIpc) is 2.49. The molecule has 0 aliphatic carbocycles. The summed E-state index contributed by atoms with van der Waals surface area (Å²) in [4.78, 5) is 18.2. The Morgan fingerprint density at radius 3 is 2.76 bits per heavy atom. The Kier molecular flexibility index (Phi) is 4.39. The number of nitro benzene ring substituents is 1. The van der Waals surface area contributed by atoms with Gasteiger partial charge in [0.25, 0.3) is 5.69 Å². The highest BCUT2D eigenvalue weighted by Gasteiger charge is 2.15. The van der Waals surface area contributed by atoms with Gasteiger partial charge in [-0.3, -0.25) is 10.1 Å². The molecule has 0 amide bonds. The normalized spacial score (nSPS) is 10.0. The number of nitro groups is 1. The van der Waals surface area contributed by atoms with Crippen LogP contribution in [0.2, 0.25) is 5.02 Å². The summed E-state index contributed by atoms with van der Waals surface area (Å²) < 4.78 is 10.6. The van der Waals surface area contributed by atoms with Crippen molar-refractivity contribution in [2.24, 2.45) is 0 Å². The van der Waals surface area contributed by atoms with Gasteiger partial charge < -0.3 is 14.8 Å². The summed E-state index contributed by atoms with van der Waals surface area (Å²) in [5.74, 6) is 0.823. The lowest BCUT2D eigenvalue weighted by molar-refractivity contribution is -0.384. The minimum Gasteiger partial charge on any atom is -0.493 e. The smallest absolute Gasteiger partial charge is 0.273 e. The Bertz CT molecular complexity index is 680. The van der Waals surface area contributed by atoms with Gasteiger partial charge >= 0.3 is 0 Å². The van der Waals surface area contributed by atoms with Gasteiger partial charge in [0.05, 0.1) is 24.3 Å². The van der Waals surface area contributed by atoms with Crippen LogP contribution in [-0.2, 0) is 0 Å². The molecule has 1 N–H and O–H groups in total. The minimum absolute atomic E-state index is 0.0646. The van der Waals surface area contributed by atoms with Crippen LogP contribution in [0.25, 0.3) is 0 Å². The molecule has 9 heteroatoms. The van der Waals surface area contributed by atoms with E-state index >= 15 is 0 Å². The summed E-state index contributed by atoms with van der Waals surface area (Å²) in [5.41, 5.74) is -0.134. The second-order valence-corrected chi connectivity index (χ2v) is 4.20. The van der Waals surface area contributed by atoms with Gasteiger partial charge in [-0.1, -0.05) is 11.6 Å². The molecule has 0 bridgehead atoms. The molecule has 2 rings (SSSR count). The number of rotatable bonds is 5. The highest BCUT2D eigenvalue weighted by atomic mass is 35.5. The lowest BCUT2D eigenvalue weighted by Crippen LogP contribution is -1.99. The van der Waals surface area contributed by atoms with E-state index in [1.165, 1.54) is 31.5 Å². The van der Waals surface area contributed by atoms with Crippen LogP contribution in [0.3, 0.4) is 0 Å². The van der Waals surface area contributed by atoms with Crippen molar-refractivity contribution in [3.05, 3.63) is 39.5 Å². The van der Waals surface area contributed by atoms with E-state index in [0.717, 1.165) is 0 Å². The number of methoxy groups -OCH3 is 1. The Labute approximate surface area is 124 Å². The standard InChI is InChI=1S/C12H11ClN4O4/c1-14-12-15-6-8(13)11(16-12)21-10-5-7(17(18)19)3-4-9(10)20-2/h3-6H,1-2H3,(H,14,15,16). The van der Waals surface area contributed by atoms with Crippen LogP contribution in [0, 0.1) is 10.1 Å². The van der Waals surface area contributed by atoms with E-state index < -0.39 is 4.92 Å². The summed E-state index contributed by atoms with van der Waals surface area (Å²) in [6.45, 7) is 0. The molecule has 1 aromatic heterocycles. The van der Waals surface area contributed by atoms with Gasteiger partial charge in [0.1, 0.15) is 5.02 Å². The first kappa shape index (κ1) is 14.8. The van der Waals surface area contributed by atoms with Crippen LogP contribution < -0.4 is 14.8 Å². The number of ether oxygens (including phenoxy) is 2. The third kappa shape index (κ3) is 3.29. The Morgan fingerprint density at radius 2 is 2.14 bits per heavy atom. The molecule has 0 radical (unpaired) electrons. The summed E-state index contributed by atoms with van der Waals surface area (Å²) in [6.07, 6.45) is 1.36. The van der Waals surface area contributed by atoms with E-state index in [4.69, 9.17) is 21.1 Å². The summed E-state index contributed by atoms with van der Waals surface area (Å²) >= 11 is 5.95. The van der Waals surface area contributed by atoms with Gasteiger partial charge in [0.15, 0.2) is 11.5 Å². The predicted octanol–water partition coefficient (Wildman–Crippen LogP) is 2.88. The minimum atomic E-state index is -0.535. The molecule has 0 aliphatic heterocycles. The first-order chi connectivity index (χ1) is 10.0. The maximum absolute atomic E-state index is 10.8. The van der Waals surface area contributed by atoms with Crippen LogP contribution >= 0.6 is 11.6 Å². The Morgan fingerprint density at radius 1 is 1.38 bits per heavy atom. The van der Waals surface area contributed by atoms with Gasteiger partial charge in [-0.25, -0.2) is 4.98 Å².